The molecule has 0 atom stereocenters. The predicted octanol–water partition coefficient (Wildman–Crippen LogP) is 2.59. The predicted molar refractivity (Wildman–Crippen MR) is 87.9 cm³/mol. The van der Waals surface area contributed by atoms with Crippen LogP contribution in [0.5, 0.6) is 0 Å². The lowest BCUT2D eigenvalue weighted by molar-refractivity contribution is -0.128. The van der Waals surface area contributed by atoms with Crippen molar-refractivity contribution in [2.75, 3.05) is 38.5 Å². The third-order valence-corrected chi connectivity index (χ3v) is 4.28. The van der Waals surface area contributed by atoms with Crippen molar-refractivity contribution in [1.29, 1.82) is 5.26 Å². The van der Waals surface area contributed by atoms with Gasteiger partial charge in [-0.25, -0.2) is 0 Å². The lowest BCUT2D eigenvalue weighted by atomic mass is 10.2. The van der Waals surface area contributed by atoms with Gasteiger partial charge in [-0.1, -0.05) is 29.3 Å². The van der Waals surface area contributed by atoms with E-state index in [0.717, 1.165) is 13.1 Å². The standard InChI is InChI=1S/C15H16Cl2N4O/c1-20-5-7-21(8-6-20)15(22)11(9-18)10-19-13-4-2-3-12(16)14(13)17/h2-4,10,19H,5-8H2,1H3/b11-10-. The zero-order chi connectivity index (χ0) is 16.1. The minimum absolute atomic E-state index is 0.0422. The van der Waals surface area contributed by atoms with Gasteiger partial charge >= 0.3 is 0 Å². The first-order chi connectivity index (χ1) is 10.5. The molecule has 1 aromatic rings. The smallest absolute Gasteiger partial charge is 0.266 e. The van der Waals surface area contributed by atoms with Gasteiger partial charge in [0.15, 0.2) is 0 Å². The largest absolute Gasteiger partial charge is 0.359 e. The zero-order valence-electron chi connectivity index (χ0n) is 12.1. The molecule has 2 rings (SSSR count). The summed E-state index contributed by atoms with van der Waals surface area (Å²) in [6.07, 6.45) is 1.37. The van der Waals surface area contributed by atoms with Crippen molar-refractivity contribution in [2.45, 2.75) is 0 Å². The maximum Gasteiger partial charge on any atom is 0.266 e. The lowest BCUT2D eigenvalue weighted by Crippen LogP contribution is -2.47. The van der Waals surface area contributed by atoms with E-state index in [1.54, 1.807) is 23.1 Å². The molecular weight excluding hydrogens is 323 g/mol. The van der Waals surface area contributed by atoms with E-state index < -0.39 is 0 Å². The number of amides is 1. The van der Waals surface area contributed by atoms with Gasteiger partial charge < -0.3 is 15.1 Å². The van der Waals surface area contributed by atoms with E-state index >= 15 is 0 Å². The molecule has 0 aromatic heterocycles. The molecule has 1 aliphatic rings. The monoisotopic (exact) mass is 338 g/mol. The van der Waals surface area contributed by atoms with Crippen molar-refractivity contribution in [2.24, 2.45) is 0 Å². The number of carbonyl (C=O) groups is 1. The van der Waals surface area contributed by atoms with E-state index in [2.05, 4.69) is 10.2 Å². The van der Waals surface area contributed by atoms with Crippen LogP contribution in [-0.4, -0.2) is 48.9 Å². The van der Waals surface area contributed by atoms with E-state index in [4.69, 9.17) is 23.2 Å². The molecule has 1 aromatic carbocycles. The first-order valence-corrected chi connectivity index (χ1v) is 7.57. The van der Waals surface area contributed by atoms with Crippen molar-refractivity contribution in [3.63, 3.8) is 0 Å². The number of carbonyl (C=O) groups excluding carboxylic acids is 1. The molecule has 1 heterocycles. The van der Waals surface area contributed by atoms with Gasteiger partial charge in [-0.05, 0) is 19.2 Å². The average Bonchev–Trinajstić information content (AvgIpc) is 2.52. The summed E-state index contributed by atoms with van der Waals surface area (Å²) >= 11 is 12.0. The molecule has 0 saturated carbocycles. The number of nitrogens with zero attached hydrogens (tertiary/aromatic N) is 3. The zero-order valence-corrected chi connectivity index (χ0v) is 13.7. The highest BCUT2D eigenvalue weighted by Crippen LogP contribution is 2.29. The molecule has 116 valence electrons. The van der Waals surface area contributed by atoms with E-state index in [9.17, 15) is 10.1 Å². The molecule has 0 radical (unpaired) electrons. The molecule has 0 bridgehead atoms. The van der Waals surface area contributed by atoms with Crippen molar-refractivity contribution in [1.82, 2.24) is 9.80 Å². The van der Waals surface area contributed by atoms with E-state index in [0.29, 0.717) is 28.8 Å². The number of likely N-dealkylation sites (N-methyl/N-ethyl adjacent to an activating group) is 1. The molecule has 1 saturated heterocycles. The molecule has 0 spiro atoms. The number of rotatable bonds is 3. The van der Waals surface area contributed by atoms with Crippen LogP contribution in [-0.2, 0) is 4.79 Å². The Morgan fingerprint density at radius 1 is 1.32 bits per heavy atom. The average molecular weight is 339 g/mol. The van der Waals surface area contributed by atoms with Crippen LogP contribution in [0, 0.1) is 11.3 Å². The first kappa shape index (κ1) is 16.6. The second-order valence-electron chi connectivity index (χ2n) is 5.01. The molecule has 0 unspecified atom stereocenters. The Morgan fingerprint density at radius 3 is 2.64 bits per heavy atom. The van der Waals surface area contributed by atoms with Gasteiger partial charge in [0.1, 0.15) is 11.6 Å². The molecule has 1 fully saturated rings. The quantitative estimate of drug-likeness (QED) is 0.679. The minimum atomic E-state index is -0.277. The van der Waals surface area contributed by atoms with Gasteiger partial charge in [-0.15, -0.1) is 0 Å². The van der Waals surface area contributed by atoms with Gasteiger partial charge in [0.25, 0.3) is 5.91 Å². The third kappa shape index (κ3) is 3.92. The number of halogens is 2. The molecule has 7 heteroatoms. The van der Waals surface area contributed by atoms with Crippen LogP contribution in [0.15, 0.2) is 30.0 Å². The summed E-state index contributed by atoms with van der Waals surface area (Å²) in [6, 6.07) is 7.06. The first-order valence-electron chi connectivity index (χ1n) is 6.81. The van der Waals surface area contributed by atoms with Gasteiger partial charge in [0.2, 0.25) is 0 Å². The summed E-state index contributed by atoms with van der Waals surface area (Å²) in [7, 11) is 2.01. The SMILES string of the molecule is CN1CCN(C(=O)/C(C#N)=C\Nc2cccc(Cl)c2Cl)CC1. The summed E-state index contributed by atoms with van der Waals surface area (Å²) in [5.41, 5.74) is 0.591. The highest BCUT2D eigenvalue weighted by atomic mass is 35.5. The number of hydrogen-bond donors (Lipinski definition) is 1. The van der Waals surface area contributed by atoms with Gasteiger partial charge in [-0.3, -0.25) is 4.79 Å². The molecular formula is C15H16Cl2N4O. The van der Waals surface area contributed by atoms with Crippen LogP contribution in [0.3, 0.4) is 0 Å². The van der Waals surface area contributed by atoms with E-state index in [-0.39, 0.29) is 11.5 Å². The van der Waals surface area contributed by atoms with Crippen LogP contribution in [0.25, 0.3) is 0 Å². The summed E-state index contributed by atoms with van der Waals surface area (Å²) in [4.78, 5) is 16.1. The normalized spacial score (nSPS) is 16.3. The van der Waals surface area contributed by atoms with Crippen LogP contribution >= 0.6 is 23.2 Å². The fourth-order valence-electron chi connectivity index (χ4n) is 2.09. The van der Waals surface area contributed by atoms with Crippen molar-refractivity contribution in [3.8, 4) is 6.07 Å². The topological polar surface area (TPSA) is 59.4 Å². The number of piperazine rings is 1. The number of hydrogen-bond acceptors (Lipinski definition) is 4. The molecule has 0 aliphatic carbocycles. The Balaban J connectivity index is 2.09. The van der Waals surface area contributed by atoms with Gasteiger partial charge in [0.05, 0.1) is 15.7 Å². The van der Waals surface area contributed by atoms with Crippen molar-refractivity contribution in [3.05, 3.63) is 40.0 Å². The Morgan fingerprint density at radius 2 is 2.00 bits per heavy atom. The summed E-state index contributed by atoms with van der Waals surface area (Å²) in [5, 5.41) is 12.8. The van der Waals surface area contributed by atoms with Crippen LogP contribution in [0.2, 0.25) is 10.0 Å². The molecule has 1 N–H and O–H groups in total. The maximum absolute atomic E-state index is 12.3. The van der Waals surface area contributed by atoms with Gasteiger partial charge in [-0.2, -0.15) is 5.26 Å². The fourth-order valence-corrected chi connectivity index (χ4v) is 2.44. The second kappa shape index (κ2) is 7.50. The Labute approximate surface area is 139 Å². The number of nitriles is 1. The highest BCUT2D eigenvalue weighted by Gasteiger charge is 2.22. The summed E-state index contributed by atoms with van der Waals surface area (Å²) in [6.45, 7) is 2.84. The maximum atomic E-state index is 12.3. The number of benzene rings is 1. The third-order valence-electron chi connectivity index (χ3n) is 3.46. The fraction of sp³-hybridized carbons (Fsp3) is 0.333. The number of anilines is 1. The number of nitrogens with one attached hydrogen (secondary N) is 1. The van der Waals surface area contributed by atoms with E-state index in [1.807, 2.05) is 13.1 Å². The van der Waals surface area contributed by atoms with Crippen molar-refractivity contribution < 1.29 is 4.79 Å². The van der Waals surface area contributed by atoms with E-state index in [1.165, 1.54) is 6.20 Å². The highest BCUT2D eigenvalue weighted by molar-refractivity contribution is 6.43. The molecule has 1 amide bonds. The second-order valence-corrected chi connectivity index (χ2v) is 5.80. The summed E-state index contributed by atoms with van der Waals surface area (Å²) in [5.74, 6) is -0.277. The lowest BCUT2D eigenvalue weighted by Gasteiger charge is -2.32. The van der Waals surface area contributed by atoms with Crippen LogP contribution in [0.1, 0.15) is 0 Å². The Kier molecular flexibility index (Phi) is 5.67. The van der Waals surface area contributed by atoms with Crippen molar-refractivity contribution >= 4 is 34.8 Å². The molecule has 1 aliphatic heterocycles. The molecule has 5 nitrogen and oxygen atoms in total. The molecule has 22 heavy (non-hydrogen) atoms. The summed E-state index contributed by atoms with van der Waals surface area (Å²) < 4.78 is 0. The van der Waals surface area contributed by atoms with Crippen LogP contribution < -0.4 is 5.32 Å². The minimum Gasteiger partial charge on any atom is -0.359 e. The van der Waals surface area contributed by atoms with Gasteiger partial charge in [0, 0.05) is 32.4 Å². The van der Waals surface area contributed by atoms with Crippen LogP contribution in [0.4, 0.5) is 5.69 Å². The Bertz CT molecular complexity index is 631. The Hall–Kier alpha value is -1.74.